The third-order valence-corrected chi connectivity index (χ3v) is 2.15. The van der Waals surface area contributed by atoms with Crippen molar-refractivity contribution in [2.45, 2.75) is 19.5 Å². The number of anilines is 1. The van der Waals surface area contributed by atoms with Gasteiger partial charge in [-0.1, -0.05) is 0 Å². The summed E-state index contributed by atoms with van der Waals surface area (Å²) in [5.41, 5.74) is 1.07. The van der Waals surface area contributed by atoms with Crippen molar-refractivity contribution in [1.29, 1.82) is 5.41 Å². The normalized spacial score (nSPS) is 19.7. The van der Waals surface area contributed by atoms with Crippen LogP contribution in [0.25, 0.3) is 0 Å². The molecule has 0 spiro atoms. The third-order valence-electron chi connectivity index (χ3n) is 2.15. The lowest BCUT2D eigenvalue weighted by Crippen LogP contribution is -2.25. The summed E-state index contributed by atoms with van der Waals surface area (Å²) in [6.45, 7) is 2.56. The lowest BCUT2D eigenvalue weighted by Gasteiger charge is -2.03. The van der Waals surface area contributed by atoms with Crippen LogP contribution in [-0.2, 0) is 6.54 Å². The van der Waals surface area contributed by atoms with E-state index in [4.69, 9.17) is 10.5 Å². The molecule has 0 saturated heterocycles. The Morgan fingerprint density at radius 3 is 3.31 bits per heavy atom. The molecule has 0 bridgehead atoms. The largest absolute Gasteiger partial charge is 0.394 e. The van der Waals surface area contributed by atoms with Gasteiger partial charge in [0.05, 0.1) is 12.6 Å². The first-order valence-electron chi connectivity index (χ1n) is 4.21. The van der Waals surface area contributed by atoms with Crippen molar-refractivity contribution in [3.63, 3.8) is 0 Å². The molecule has 1 unspecified atom stereocenters. The van der Waals surface area contributed by atoms with Crippen LogP contribution in [-0.4, -0.2) is 27.3 Å². The second-order valence-electron chi connectivity index (χ2n) is 3.24. The Bertz CT molecular complexity index is 384. The molecule has 1 aliphatic rings. The maximum atomic E-state index is 8.94. The molecule has 13 heavy (non-hydrogen) atoms. The van der Waals surface area contributed by atoms with Crippen LogP contribution in [0.15, 0.2) is 6.07 Å². The molecule has 5 heteroatoms. The first-order valence-corrected chi connectivity index (χ1v) is 4.21. The zero-order valence-electron chi connectivity index (χ0n) is 7.41. The molecule has 3 N–H and O–H groups in total. The summed E-state index contributed by atoms with van der Waals surface area (Å²) in [6, 6.07) is 1.90. The number of aliphatic hydroxyl groups excluding tert-OH is 1. The lowest BCUT2D eigenvalue weighted by atomic mass is 10.3. The van der Waals surface area contributed by atoms with Crippen LogP contribution in [0.2, 0.25) is 0 Å². The second kappa shape index (κ2) is 2.85. The average molecular weight is 180 g/mol. The molecule has 0 saturated carbocycles. The molecule has 2 rings (SSSR count). The summed E-state index contributed by atoms with van der Waals surface area (Å²) in [5, 5.41) is 19.6. The van der Waals surface area contributed by atoms with Gasteiger partial charge in [0, 0.05) is 18.3 Å². The Morgan fingerprint density at radius 1 is 1.85 bits per heavy atom. The molecule has 0 aromatic carbocycles. The Morgan fingerprint density at radius 2 is 2.62 bits per heavy atom. The number of nitrogens with zero attached hydrogens (tertiary/aromatic N) is 2. The van der Waals surface area contributed by atoms with E-state index in [1.165, 1.54) is 0 Å². The van der Waals surface area contributed by atoms with Gasteiger partial charge < -0.3 is 10.4 Å². The van der Waals surface area contributed by atoms with Crippen LogP contribution in [0.5, 0.6) is 0 Å². The zero-order chi connectivity index (χ0) is 9.42. The molecular weight excluding hydrogens is 168 g/mol. The predicted octanol–water partition coefficient (Wildman–Crippen LogP) is -0.543. The van der Waals surface area contributed by atoms with Crippen molar-refractivity contribution in [2.24, 2.45) is 0 Å². The lowest BCUT2D eigenvalue weighted by molar-refractivity contribution is 0.270. The van der Waals surface area contributed by atoms with E-state index in [2.05, 4.69) is 10.3 Å². The maximum Gasteiger partial charge on any atom is 0.223 e. The highest BCUT2D eigenvalue weighted by Gasteiger charge is 2.19. The van der Waals surface area contributed by atoms with Crippen molar-refractivity contribution < 1.29 is 5.11 Å². The van der Waals surface area contributed by atoms with Crippen molar-refractivity contribution >= 4 is 5.82 Å². The molecule has 0 fully saturated rings. The quantitative estimate of drug-likeness (QED) is 0.543. The van der Waals surface area contributed by atoms with Gasteiger partial charge in [0.2, 0.25) is 5.62 Å². The minimum atomic E-state index is 0.0210. The highest BCUT2D eigenvalue weighted by Crippen LogP contribution is 2.15. The van der Waals surface area contributed by atoms with Gasteiger partial charge in [-0.25, -0.2) is 4.98 Å². The fourth-order valence-electron chi connectivity index (χ4n) is 1.53. The summed E-state index contributed by atoms with van der Waals surface area (Å²) in [7, 11) is 0. The minimum Gasteiger partial charge on any atom is -0.394 e. The number of hydrogen-bond donors (Lipinski definition) is 3. The first kappa shape index (κ1) is 8.25. The van der Waals surface area contributed by atoms with Crippen LogP contribution in [0, 0.1) is 12.3 Å². The van der Waals surface area contributed by atoms with Crippen LogP contribution in [0.4, 0.5) is 5.82 Å². The zero-order valence-corrected chi connectivity index (χ0v) is 7.41. The van der Waals surface area contributed by atoms with Crippen LogP contribution in [0.3, 0.4) is 0 Å². The van der Waals surface area contributed by atoms with E-state index in [-0.39, 0.29) is 18.3 Å². The van der Waals surface area contributed by atoms with Gasteiger partial charge in [0.15, 0.2) is 0 Å². The van der Waals surface area contributed by atoms with Crippen molar-refractivity contribution in [1.82, 2.24) is 9.55 Å². The van der Waals surface area contributed by atoms with E-state index in [1.54, 1.807) is 4.57 Å². The number of aromatic nitrogens is 2. The first-order chi connectivity index (χ1) is 6.20. The molecule has 1 aromatic rings. The number of aryl methyl sites for hydroxylation is 1. The second-order valence-corrected chi connectivity index (χ2v) is 3.24. The fraction of sp³-hybridized carbons (Fsp3) is 0.500. The maximum absolute atomic E-state index is 8.94. The van der Waals surface area contributed by atoms with Gasteiger partial charge in [-0.05, 0) is 6.92 Å². The topological polar surface area (TPSA) is 73.9 Å². The minimum absolute atomic E-state index is 0.0210. The van der Waals surface area contributed by atoms with Gasteiger partial charge in [-0.3, -0.25) is 9.98 Å². The highest BCUT2D eigenvalue weighted by molar-refractivity contribution is 5.40. The van der Waals surface area contributed by atoms with E-state index < -0.39 is 0 Å². The Labute approximate surface area is 75.6 Å². The molecule has 70 valence electrons. The van der Waals surface area contributed by atoms with E-state index in [0.717, 1.165) is 11.5 Å². The van der Waals surface area contributed by atoms with Gasteiger partial charge in [-0.15, -0.1) is 0 Å². The summed E-state index contributed by atoms with van der Waals surface area (Å²) in [5.74, 6) is 0.872. The SMILES string of the molecule is Cc1cc2n(c(=N)n1)CC(CO)N2. The molecule has 5 nitrogen and oxygen atoms in total. The Hall–Kier alpha value is -1.36. The summed E-state index contributed by atoms with van der Waals surface area (Å²) >= 11 is 0. The molecule has 1 atom stereocenters. The molecule has 1 aliphatic heterocycles. The monoisotopic (exact) mass is 180 g/mol. The molecule has 0 amide bonds. The smallest absolute Gasteiger partial charge is 0.223 e. The van der Waals surface area contributed by atoms with E-state index in [9.17, 15) is 0 Å². The van der Waals surface area contributed by atoms with Crippen molar-refractivity contribution in [3.8, 4) is 0 Å². The average Bonchev–Trinajstić information content (AvgIpc) is 2.47. The summed E-state index contributed by atoms with van der Waals surface area (Å²) in [4.78, 5) is 4.02. The number of fused-ring (bicyclic) bond motifs is 1. The Balaban J connectivity index is 2.46. The number of nitrogens with one attached hydrogen (secondary N) is 2. The van der Waals surface area contributed by atoms with Crippen LogP contribution in [0.1, 0.15) is 5.69 Å². The summed E-state index contributed by atoms with van der Waals surface area (Å²) in [6.07, 6.45) is 0. The molecule has 2 heterocycles. The predicted molar refractivity (Wildman–Crippen MR) is 47.3 cm³/mol. The molecule has 1 aromatic heterocycles. The number of hydrogen-bond acceptors (Lipinski definition) is 4. The van der Waals surface area contributed by atoms with Gasteiger partial charge in [0.25, 0.3) is 0 Å². The number of rotatable bonds is 1. The highest BCUT2D eigenvalue weighted by atomic mass is 16.3. The van der Waals surface area contributed by atoms with Crippen molar-refractivity contribution in [3.05, 3.63) is 17.4 Å². The fourth-order valence-corrected chi connectivity index (χ4v) is 1.53. The summed E-state index contributed by atoms with van der Waals surface area (Å²) < 4.78 is 1.76. The van der Waals surface area contributed by atoms with E-state index in [0.29, 0.717) is 6.54 Å². The van der Waals surface area contributed by atoms with Crippen molar-refractivity contribution in [2.75, 3.05) is 11.9 Å². The van der Waals surface area contributed by atoms with E-state index in [1.807, 2.05) is 13.0 Å². The van der Waals surface area contributed by atoms with Crippen LogP contribution < -0.4 is 10.9 Å². The molecular formula is C8H12N4O. The van der Waals surface area contributed by atoms with Gasteiger partial charge in [-0.2, -0.15) is 0 Å². The van der Waals surface area contributed by atoms with E-state index >= 15 is 0 Å². The standard InChI is InChI=1S/C8H12N4O/c1-5-2-7-11-6(4-13)3-12(7)8(9)10-5/h2,6,9,11,13H,3-4H2,1H3. The number of aliphatic hydroxyl groups is 1. The molecule has 0 radical (unpaired) electrons. The third kappa shape index (κ3) is 1.31. The molecule has 0 aliphatic carbocycles. The van der Waals surface area contributed by atoms with Gasteiger partial charge >= 0.3 is 0 Å². The van der Waals surface area contributed by atoms with Crippen LogP contribution >= 0.6 is 0 Å². The van der Waals surface area contributed by atoms with Gasteiger partial charge in [0.1, 0.15) is 5.82 Å². The Kier molecular flexibility index (Phi) is 1.81.